The largest absolute Gasteiger partial charge is 0.445 e. The van der Waals surface area contributed by atoms with E-state index in [-0.39, 0.29) is 11.5 Å². The quantitative estimate of drug-likeness (QED) is 0.697. The van der Waals surface area contributed by atoms with Crippen LogP contribution in [0.5, 0.6) is 0 Å². The summed E-state index contributed by atoms with van der Waals surface area (Å²) in [6.07, 6.45) is 14.5. The van der Waals surface area contributed by atoms with Gasteiger partial charge in [-0.3, -0.25) is 0 Å². The Morgan fingerprint density at radius 2 is 1.88 bits per heavy atom. The Labute approximate surface area is 156 Å². The normalized spacial score (nSPS) is 44.6. The van der Waals surface area contributed by atoms with Crippen molar-refractivity contribution in [1.29, 1.82) is 0 Å². The van der Waals surface area contributed by atoms with Gasteiger partial charge < -0.3 is 9.52 Å². The number of allylic oxidation sites excluding steroid dienone is 3. The first-order valence-electron chi connectivity index (χ1n) is 10.4. The first-order chi connectivity index (χ1) is 12.4. The van der Waals surface area contributed by atoms with Gasteiger partial charge in [-0.25, -0.2) is 4.98 Å². The Balaban J connectivity index is 1.47. The van der Waals surface area contributed by atoms with Crippen LogP contribution in [0.15, 0.2) is 28.4 Å². The van der Waals surface area contributed by atoms with Crippen LogP contribution in [-0.2, 0) is 0 Å². The Morgan fingerprint density at radius 1 is 1.08 bits per heavy atom. The average molecular weight is 354 g/mol. The lowest BCUT2D eigenvalue weighted by Gasteiger charge is -2.57. The molecule has 0 saturated heterocycles. The molecule has 5 rings (SSSR count). The number of nitrogens with zero attached hydrogens (tertiary/aromatic N) is 1. The number of aromatic nitrogens is 1. The van der Waals surface area contributed by atoms with E-state index in [9.17, 15) is 5.11 Å². The van der Waals surface area contributed by atoms with Gasteiger partial charge in [-0.15, -0.1) is 0 Å². The van der Waals surface area contributed by atoms with E-state index in [4.69, 9.17) is 4.42 Å². The molecule has 0 aliphatic heterocycles. The van der Waals surface area contributed by atoms with Gasteiger partial charge in [-0.1, -0.05) is 31.6 Å². The Hall–Kier alpha value is -1.35. The maximum atomic E-state index is 10.1. The van der Waals surface area contributed by atoms with Crippen molar-refractivity contribution in [2.24, 2.45) is 28.6 Å². The van der Waals surface area contributed by atoms with E-state index in [0.717, 1.165) is 49.1 Å². The number of hydrogen-bond donors (Lipinski definition) is 1. The molecule has 1 heterocycles. The molecule has 0 unspecified atom stereocenters. The zero-order chi connectivity index (χ0) is 18.1. The number of fused-ring (bicyclic) bond motifs is 5. The molecule has 4 aliphatic rings. The second-order valence-electron chi connectivity index (χ2n) is 9.76. The number of aliphatic hydroxyl groups is 1. The lowest BCUT2D eigenvalue weighted by molar-refractivity contribution is -0.0241. The molecule has 26 heavy (non-hydrogen) atoms. The summed E-state index contributed by atoms with van der Waals surface area (Å²) in [6, 6.07) is 0. The highest BCUT2D eigenvalue weighted by Crippen LogP contribution is 2.66. The Kier molecular flexibility index (Phi) is 3.60. The molecule has 6 atom stereocenters. The van der Waals surface area contributed by atoms with E-state index in [1.807, 2.05) is 6.92 Å². The molecule has 3 nitrogen and oxygen atoms in total. The van der Waals surface area contributed by atoms with Crippen molar-refractivity contribution in [3.8, 4) is 0 Å². The second kappa shape index (κ2) is 5.58. The van der Waals surface area contributed by atoms with Crippen molar-refractivity contribution in [3.05, 3.63) is 35.6 Å². The number of aliphatic hydroxyl groups excluding tert-OH is 1. The third-order valence-corrected chi connectivity index (χ3v) is 8.51. The maximum Gasteiger partial charge on any atom is 0.222 e. The van der Waals surface area contributed by atoms with Crippen LogP contribution in [0.3, 0.4) is 0 Å². The summed E-state index contributed by atoms with van der Waals surface area (Å²) in [6.45, 7) is 6.95. The van der Waals surface area contributed by atoms with E-state index in [0.29, 0.717) is 11.3 Å². The van der Waals surface area contributed by atoms with Crippen molar-refractivity contribution in [2.45, 2.75) is 71.8 Å². The fourth-order valence-electron chi connectivity index (χ4n) is 7.02. The van der Waals surface area contributed by atoms with Crippen LogP contribution >= 0.6 is 0 Å². The summed E-state index contributed by atoms with van der Waals surface area (Å²) in [5.41, 5.74) is 4.39. The standard InChI is InChI=1S/C23H31NO2/c1-14-13-26-21(24-14)20-7-6-18-17-5-4-15-12-16(25)8-10-22(15,2)19(17)9-11-23(18,20)3/h4,7,13,16-19,25H,5-6,8-12H2,1-3H3/t16-,17-,18-,19-,22-,23-/m0/s1. The van der Waals surface area contributed by atoms with Gasteiger partial charge in [0.2, 0.25) is 5.89 Å². The maximum absolute atomic E-state index is 10.1. The van der Waals surface area contributed by atoms with Gasteiger partial charge >= 0.3 is 0 Å². The fraction of sp³-hybridized carbons (Fsp3) is 0.696. The zero-order valence-electron chi connectivity index (χ0n) is 16.3. The summed E-state index contributed by atoms with van der Waals surface area (Å²) < 4.78 is 5.80. The minimum atomic E-state index is -0.118. The molecular formula is C23H31NO2. The molecule has 4 aliphatic carbocycles. The van der Waals surface area contributed by atoms with Gasteiger partial charge in [0, 0.05) is 11.0 Å². The molecule has 1 N–H and O–H groups in total. The first-order valence-corrected chi connectivity index (χ1v) is 10.4. The number of oxazole rings is 1. The highest BCUT2D eigenvalue weighted by atomic mass is 16.3. The van der Waals surface area contributed by atoms with Crippen molar-refractivity contribution in [3.63, 3.8) is 0 Å². The molecule has 0 spiro atoms. The smallest absolute Gasteiger partial charge is 0.222 e. The zero-order valence-corrected chi connectivity index (χ0v) is 16.3. The molecule has 2 fully saturated rings. The minimum Gasteiger partial charge on any atom is -0.445 e. The van der Waals surface area contributed by atoms with Crippen molar-refractivity contribution < 1.29 is 9.52 Å². The highest BCUT2D eigenvalue weighted by molar-refractivity contribution is 5.67. The predicted octanol–water partition coefficient (Wildman–Crippen LogP) is 5.30. The van der Waals surface area contributed by atoms with Gasteiger partial charge in [0.1, 0.15) is 6.26 Å². The van der Waals surface area contributed by atoms with Crippen LogP contribution in [0, 0.1) is 35.5 Å². The molecule has 0 radical (unpaired) electrons. The monoisotopic (exact) mass is 353 g/mol. The summed E-state index contributed by atoms with van der Waals surface area (Å²) in [5.74, 6) is 3.07. The number of hydrogen-bond acceptors (Lipinski definition) is 3. The summed E-state index contributed by atoms with van der Waals surface area (Å²) in [7, 11) is 0. The Morgan fingerprint density at radius 3 is 2.65 bits per heavy atom. The van der Waals surface area contributed by atoms with Gasteiger partial charge in [0.15, 0.2) is 0 Å². The molecule has 0 bridgehead atoms. The van der Waals surface area contributed by atoms with E-state index >= 15 is 0 Å². The highest BCUT2D eigenvalue weighted by Gasteiger charge is 2.57. The van der Waals surface area contributed by atoms with E-state index in [2.05, 4.69) is 31.0 Å². The topological polar surface area (TPSA) is 46.3 Å². The van der Waals surface area contributed by atoms with Crippen LogP contribution in [0.1, 0.15) is 70.4 Å². The van der Waals surface area contributed by atoms with Gasteiger partial charge in [-0.2, -0.15) is 0 Å². The number of rotatable bonds is 1. The number of aryl methyl sites for hydroxylation is 1. The van der Waals surface area contributed by atoms with Gasteiger partial charge in [0.05, 0.1) is 11.8 Å². The molecule has 1 aromatic rings. The van der Waals surface area contributed by atoms with Crippen LogP contribution in [0.4, 0.5) is 0 Å². The van der Waals surface area contributed by atoms with Crippen LogP contribution in [0.25, 0.3) is 5.57 Å². The average Bonchev–Trinajstić information content (AvgIpc) is 3.18. The minimum absolute atomic E-state index is 0.118. The Bertz CT molecular complexity index is 790. The van der Waals surface area contributed by atoms with E-state index in [1.54, 1.807) is 11.8 Å². The molecule has 140 valence electrons. The first kappa shape index (κ1) is 16.8. The molecule has 0 amide bonds. The molecule has 3 heteroatoms. The van der Waals surface area contributed by atoms with Gasteiger partial charge in [-0.05, 0) is 75.0 Å². The predicted molar refractivity (Wildman–Crippen MR) is 102 cm³/mol. The van der Waals surface area contributed by atoms with E-state index in [1.165, 1.54) is 24.8 Å². The van der Waals surface area contributed by atoms with Crippen LogP contribution in [0.2, 0.25) is 0 Å². The van der Waals surface area contributed by atoms with Crippen molar-refractivity contribution in [1.82, 2.24) is 4.98 Å². The lowest BCUT2D eigenvalue weighted by Crippen LogP contribution is -2.49. The fourth-order valence-corrected chi connectivity index (χ4v) is 7.02. The van der Waals surface area contributed by atoms with E-state index < -0.39 is 0 Å². The summed E-state index contributed by atoms with van der Waals surface area (Å²) in [4.78, 5) is 4.65. The van der Waals surface area contributed by atoms with Crippen molar-refractivity contribution >= 4 is 5.57 Å². The summed E-state index contributed by atoms with van der Waals surface area (Å²) >= 11 is 0. The summed E-state index contributed by atoms with van der Waals surface area (Å²) in [5, 5.41) is 10.1. The van der Waals surface area contributed by atoms with Crippen LogP contribution < -0.4 is 0 Å². The molecular weight excluding hydrogens is 322 g/mol. The van der Waals surface area contributed by atoms with Crippen LogP contribution in [-0.4, -0.2) is 16.2 Å². The molecule has 1 aromatic heterocycles. The van der Waals surface area contributed by atoms with Gasteiger partial charge in [0.25, 0.3) is 0 Å². The SMILES string of the molecule is Cc1coc(C2=CC[C@H]3[C@@H]4CC=C5C[C@@H](O)CC[C@]5(C)[C@H]4CC[C@]23C)n1. The molecule has 0 aromatic carbocycles. The molecule has 2 saturated carbocycles. The third-order valence-electron chi connectivity index (χ3n) is 8.51. The van der Waals surface area contributed by atoms with Crippen molar-refractivity contribution in [2.75, 3.05) is 0 Å². The lowest BCUT2D eigenvalue weighted by atomic mass is 9.47. The third kappa shape index (κ3) is 2.19. The second-order valence-corrected chi connectivity index (χ2v) is 9.76.